The zero-order chi connectivity index (χ0) is 12.7. The van der Waals surface area contributed by atoms with Gasteiger partial charge in [0.05, 0.1) is 6.61 Å². The van der Waals surface area contributed by atoms with E-state index in [0.717, 1.165) is 12.4 Å². The van der Waals surface area contributed by atoms with E-state index in [1.165, 1.54) is 11.1 Å². The molecule has 0 saturated heterocycles. The molecule has 1 unspecified atom stereocenters. The van der Waals surface area contributed by atoms with Gasteiger partial charge in [0.25, 0.3) is 0 Å². The summed E-state index contributed by atoms with van der Waals surface area (Å²) in [6, 6.07) is 6.56. The van der Waals surface area contributed by atoms with E-state index in [1.807, 2.05) is 20.0 Å². The molecule has 0 radical (unpaired) electrons. The van der Waals surface area contributed by atoms with Gasteiger partial charge in [0.15, 0.2) is 0 Å². The number of benzene rings is 1. The molecule has 0 aromatic heterocycles. The first-order valence-corrected chi connectivity index (χ1v) is 6.17. The van der Waals surface area contributed by atoms with E-state index in [2.05, 4.69) is 31.3 Å². The van der Waals surface area contributed by atoms with E-state index in [4.69, 9.17) is 9.47 Å². The Morgan fingerprint density at radius 1 is 1.29 bits per heavy atom. The van der Waals surface area contributed by atoms with Crippen molar-refractivity contribution in [2.75, 3.05) is 26.9 Å². The fraction of sp³-hybridized carbons (Fsp3) is 0.571. The second-order valence-electron chi connectivity index (χ2n) is 4.10. The molecule has 3 heteroatoms. The molecule has 1 atom stereocenters. The van der Waals surface area contributed by atoms with Gasteiger partial charge in [0, 0.05) is 18.2 Å². The molecule has 0 aliphatic carbocycles. The number of ether oxygens (including phenoxy) is 2. The fourth-order valence-corrected chi connectivity index (χ4v) is 1.65. The SMILES string of the molecule is CCOCCOc1ccc(C)cc1C(C)NC. The van der Waals surface area contributed by atoms with Crippen LogP contribution in [0.5, 0.6) is 5.75 Å². The molecule has 17 heavy (non-hydrogen) atoms. The Morgan fingerprint density at radius 3 is 2.71 bits per heavy atom. The Hall–Kier alpha value is -1.06. The molecule has 0 saturated carbocycles. The Bertz CT molecular complexity index is 339. The average Bonchev–Trinajstić information content (AvgIpc) is 2.35. The minimum absolute atomic E-state index is 0.289. The van der Waals surface area contributed by atoms with Crippen LogP contribution in [0.4, 0.5) is 0 Å². The van der Waals surface area contributed by atoms with Crippen molar-refractivity contribution in [1.82, 2.24) is 5.32 Å². The molecule has 3 nitrogen and oxygen atoms in total. The third-order valence-electron chi connectivity index (χ3n) is 2.75. The normalized spacial score (nSPS) is 12.5. The zero-order valence-corrected chi connectivity index (χ0v) is 11.2. The maximum atomic E-state index is 5.75. The lowest BCUT2D eigenvalue weighted by atomic mass is 10.0. The van der Waals surface area contributed by atoms with Crippen molar-refractivity contribution in [2.45, 2.75) is 26.8 Å². The van der Waals surface area contributed by atoms with Crippen molar-refractivity contribution in [3.05, 3.63) is 29.3 Å². The van der Waals surface area contributed by atoms with Crippen LogP contribution in [0.15, 0.2) is 18.2 Å². The van der Waals surface area contributed by atoms with E-state index in [9.17, 15) is 0 Å². The van der Waals surface area contributed by atoms with Crippen LogP contribution in [0.2, 0.25) is 0 Å². The molecular weight excluding hydrogens is 214 g/mol. The fourth-order valence-electron chi connectivity index (χ4n) is 1.65. The minimum atomic E-state index is 0.289. The van der Waals surface area contributed by atoms with Crippen LogP contribution < -0.4 is 10.1 Å². The Morgan fingerprint density at radius 2 is 2.06 bits per heavy atom. The van der Waals surface area contributed by atoms with Gasteiger partial charge in [-0.15, -0.1) is 0 Å². The molecule has 0 amide bonds. The first kappa shape index (κ1) is 14.0. The van der Waals surface area contributed by atoms with Gasteiger partial charge in [-0.2, -0.15) is 0 Å². The number of nitrogens with one attached hydrogen (secondary N) is 1. The van der Waals surface area contributed by atoms with E-state index < -0.39 is 0 Å². The van der Waals surface area contributed by atoms with Gasteiger partial charge in [-0.1, -0.05) is 17.7 Å². The van der Waals surface area contributed by atoms with Gasteiger partial charge >= 0.3 is 0 Å². The van der Waals surface area contributed by atoms with E-state index in [-0.39, 0.29) is 6.04 Å². The first-order valence-electron chi connectivity index (χ1n) is 6.17. The number of aryl methyl sites for hydroxylation is 1. The highest BCUT2D eigenvalue weighted by atomic mass is 16.5. The highest BCUT2D eigenvalue weighted by Gasteiger charge is 2.10. The standard InChI is InChI=1S/C14H23NO2/c1-5-16-8-9-17-14-7-6-11(2)10-13(14)12(3)15-4/h6-7,10,12,15H,5,8-9H2,1-4H3. The largest absolute Gasteiger partial charge is 0.491 e. The van der Waals surface area contributed by atoms with Gasteiger partial charge in [0.2, 0.25) is 0 Å². The van der Waals surface area contributed by atoms with Crippen molar-refractivity contribution in [3.8, 4) is 5.75 Å². The summed E-state index contributed by atoms with van der Waals surface area (Å²) in [5.41, 5.74) is 2.45. The van der Waals surface area contributed by atoms with Crippen LogP contribution in [-0.2, 0) is 4.74 Å². The van der Waals surface area contributed by atoms with Crippen LogP contribution in [0.3, 0.4) is 0 Å². The lowest BCUT2D eigenvalue weighted by Gasteiger charge is -2.17. The van der Waals surface area contributed by atoms with Gasteiger partial charge in [-0.3, -0.25) is 0 Å². The van der Waals surface area contributed by atoms with Gasteiger partial charge < -0.3 is 14.8 Å². The summed E-state index contributed by atoms with van der Waals surface area (Å²) in [6.45, 7) is 8.18. The molecule has 96 valence electrons. The van der Waals surface area contributed by atoms with Gasteiger partial charge in [-0.05, 0) is 33.9 Å². The number of hydrogen-bond donors (Lipinski definition) is 1. The summed E-state index contributed by atoms with van der Waals surface area (Å²) in [7, 11) is 1.96. The monoisotopic (exact) mass is 237 g/mol. The van der Waals surface area contributed by atoms with E-state index in [0.29, 0.717) is 13.2 Å². The summed E-state index contributed by atoms with van der Waals surface area (Å²) in [5, 5.41) is 3.24. The zero-order valence-electron chi connectivity index (χ0n) is 11.2. The quantitative estimate of drug-likeness (QED) is 0.740. The predicted molar refractivity (Wildman–Crippen MR) is 70.6 cm³/mol. The Kier molecular flexibility index (Phi) is 6.01. The second-order valence-corrected chi connectivity index (χ2v) is 4.10. The summed E-state index contributed by atoms with van der Waals surface area (Å²) < 4.78 is 11.0. The van der Waals surface area contributed by atoms with Crippen molar-refractivity contribution in [3.63, 3.8) is 0 Å². The molecular formula is C14H23NO2. The highest BCUT2D eigenvalue weighted by molar-refractivity contribution is 5.38. The average molecular weight is 237 g/mol. The van der Waals surface area contributed by atoms with E-state index in [1.54, 1.807) is 0 Å². The molecule has 1 rings (SSSR count). The van der Waals surface area contributed by atoms with Gasteiger partial charge in [0.1, 0.15) is 12.4 Å². The van der Waals surface area contributed by atoms with Crippen LogP contribution in [0, 0.1) is 6.92 Å². The molecule has 0 aliphatic rings. The number of rotatable bonds is 7. The summed E-state index contributed by atoms with van der Waals surface area (Å²) >= 11 is 0. The lowest BCUT2D eigenvalue weighted by Crippen LogP contribution is -2.15. The molecule has 1 aromatic rings. The van der Waals surface area contributed by atoms with Crippen molar-refractivity contribution < 1.29 is 9.47 Å². The van der Waals surface area contributed by atoms with Crippen LogP contribution in [-0.4, -0.2) is 26.9 Å². The highest BCUT2D eigenvalue weighted by Crippen LogP contribution is 2.26. The predicted octanol–water partition coefficient (Wildman–Crippen LogP) is 2.69. The molecule has 1 N–H and O–H groups in total. The summed E-state index contributed by atoms with van der Waals surface area (Å²) in [4.78, 5) is 0. The molecule has 0 spiro atoms. The second kappa shape index (κ2) is 7.30. The molecule has 0 fully saturated rings. The molecule has 0 heterocycles. The van der Waals surface area contributed by atoms with Crippen molar-refractivity contribution in [1.29, 1.82) is 0 Å². The smallest absolute Gasteiger partial charge is 0.124 e. The first-order chi connectivity index (χ1) is 8.19. The molecule has 0 bridgehead atoms. The van der Waals surface area contributed by atoms with Crippen molar-refractivity contribution in [2.24, 2.45) is 0 Å². The molecule has 0 aliphatic heterocycles. The summed E-state index contributed by atoms with van der Waals surface area (Å²) in [5.74, 6) is 0.942. The third-order valence-corrected chi connectivity index (χ3v) is 2.75. The van der Waals surface area contributed by atoms with Crippen LogP contribution >= 0.6 is 0 Å². The molecule has 1 aromatic carbocycles. The Labute approximate surface area is 104 Å². The van der Waals surface area contributed by atoms with Gasteiger partial charge in [-0.25, -0.2) is 0 Å². The lowest BCUT2D eigenvalue weighted by molar-refractivity contribution is 0.109. The van der Waals surface area contributed by atoms with Crippen LogP contribution in [0.1, 0.15) is 31.0 Å². The summed E-state index contributed by atoms with van der Waals surface area (Å²) in [6.07, 6.45) is 0. The topological polar surface area (TPSA) is 30.5 Å². The van der Waals surface area contributed by atoms with Crippen molar-refractivity contribution >= 4 is 0 Å². The minimum Gasteiger partial charge on any atom is -0.491 e. The maximum absolute atomic E-state index is 5.75. The van der Waals surface area contributed by atoms with Crippen LogP contribution in [0.25, 0.3) is 0 Å². The maximum Gasteiger partial charge on any atom is 0.124 e. The van der Waals surface area contributed by atoms with E-state index >= 15 is 0 Å². The number of hydrogen-bond acceptors (Lipinski definition) is 3. The Balaban J connectivity index is 2.69. The third kappa shape index (κ3) is 4.36.